The Bertz CT molecular complexity index is 790. The molecule has 1 fully saturated rings. The summed E-state index contributed by atoms with van der Waals surface area (Å²) in [5, 5.41) is 2.92. The summed E-state index contributed by atoms with van der Waals surface area (Å²) in [6, 6.07) is 16.9. The molecule has 2 aromatic carbocycles. The van der Waals surface area contributed by atoms with Crippen molar-refractivity contribution in [2.24, 2.45) is 0 Å². The number of aryl methyl sites for hydroxylation is 1. The summed E-state index contributed by atoms with van der Waals surface area (Å²) >= 11 is 0. The Morgan fingerprint density at radius 1 is 1.04 bits per heavy atom. The van der Waals surface area contributed by atoms with Crippen molar-refractivity contribution in [3.05, 3.63) is 65.7 Å². The Morgan fingerprint density at radius 3 is 2.62 bits per heavy atom. The van der Waals surface area contributed by atoms with Crippen LogP contribution in [0.3, 0.4) is 0 Å². The van der Waals surface area contributed by atoms with Crippen LogP contribution in [0, 0.1) is 0 Å². The minimum Gasteiger partial charge on any atom is -0.492 e. The molecule has 1 heterocycles. The number of amides is 3. The highest BCUT2D eigenvalue weighted by Gasteiger charge is 2.54. The molecule has 1 N–H and O–H groups in total. The van der Waals surface area contributed by atoms with Crippen molar-refractivity contribution >= 4 is 11.9 Å². The number of carbonyl (C=O) groups excluding carboxylic acids is 2. The molecule has 1 aliphatic carbocycles. The summed E-state index contributed by atoms with van der Waals surface area (Å²) in [5.41, 5.74) is 1.17. The van der Waals surface area contributed by atoms with Gasteiger partial charge in [0.2, 0.25) is 0 Å². The zero-order chi connectivity index (χ0) is 16.6. The van der Waals surface area contributed by atoms with E-state index < -0.39 is 5.54 Å². The van der Waals surface area contributed by atoms with Crippen LogP contribution in [0.15, 0.2) is 54.6 Å². The second kappa shape index (κ2) is 5.67. The minimum absolute atomic E-state index is 0.172. The minimum atomic E-state index is -0.888. The van der Waals surface area contributed by atoms with Crippen LogP contribution in [0.25, 0.3) is 0 Å². The third-order valence-corrected chi connectivity index (χ3v) is 4.75. The largest absolute Gasteiger partial charge is 0.492 e. The van der Waals surface area contributed by atoms with E-state index in [4.69, 9.17) is 4.74 Å². The number of para-hydroxylation sites is 1. The molecule has 1 saturated heterocycles. The Balaban J connectivity index is 1.49. The number of hydrogen-bond acceptors (Lipinski definition) is 3. The van der Waals surface area contributed by atoms with Gasteiger partial charge in [0.1, 0.15) is 17.9 Å². The summed E-state index contributed by atoms with van der Waals surface area (Å²) in [4.78, 5) is 26.5. The van der Waals surface area contributed by atoms with Crippen molar-refractivity contribution in [2.75, 3.05) is 13.2 Å². The molecule has 24 heavy (non-hydrogen) atoms. The highest BCUT2D eigenvalue weighted by atomic mass is 16.5. The van der Waals surface area contributed by atoms with E-state index >= 15 is 0 Å². The maximum Gasteiger partial charge on any atom is 0.325 e. The topological polar surface area (TPSA) is 58.6 Å². The number of nitrogens with one attached hydrogen (secondary N) is 1. The number of carbonyl (C=O) groups is 2. The molecule has 2 aromatic rings. The molecule has 1 aliphatic heterocycles. The van der Waals surface area contributed by atoms with Gasteiger partial charge in [-0.1, -0.05) is 42.5 Å². The predicted molar refractivity (Wildman–Crippen MR) is 88.6 cm³/mol. The fourth-order valence-corrected chi connectivity index (χ4v) is 3.56. The predicted octanol–water partition coefficient (Wildman–Crippen LogP) is 2.46. The molecule has 122 valence electrons. The van der Waals surface area contributed by atoms with Crippen LogP contribution < -0.4 is 10.1 Å². The van der Waals surface area contributed by atoms with E-state index in [9.17, 15) is 9.59 Å². The first-order chi connectivity index (χ1) is 11.7. The van der Waals surface area contributed by atoms with Gasteiger partial charge in [-0.25, -0.2) is 4.79 Å². The number of imide groups is 1. The molecule has 4 rings (SSSR count). The zero-order valence-electron chi connectivity index (χ0n) is 13.2. The van der Waals surface area contributed by atoms with Crippen molar-refractivity contribution in [3.8, 4) is 5.75 Å². The molecule has 0 aromatic heterocycles. The summed E-state index contributed by atoms with van der Waals surface area (Å²) in [7, 11) is 0. The first-order valence-electron chi connectivity index (χ1n) is 8.11. The van der Waals surface area contributed by atoms with Gasteiger partial charge in [0.05, 0.1) is 6.54 Å². The van der Waals surface area contributed by atoms with Crippen molar-refractivity contribution in [1.82, 2.24) is 10.2 Å². The first kappa shape index (κ1) is 14.8. The Hall–Kier alpha value is -2.82. The normalized spacial score (nSPS) is 21.9. The van der Waals surface area contributed by atoms with Crippen LogP contribution in [0.2, 0.25) is 0 Å². The first-order valence-corrected chi connectivity index (χ1v) is 8.11. The highest BCUT2D eigenvalue weighted by Crippen LogP contribution is 2.41. The van der Waals surface area contributed by atoms with Gasteiger partial charge in [-0.2, -0.15) is 0 Å². The monoisotopic (exact) mass is 322 g/mol. The van der Waals surface area contributed by atoms with Crippen LogP contribution in [-0.2, 0) is 16.8 Å². The second-order valence-corrected chi connectivity index (χ2v) is 6.11. The lowest BCUT2D eigenvalue weighted by molar-refractivity contribution is -0.131. The van der Waals surface area contributed by atoms with Gasteiger partial charge in [0, 0.05) is 0 Å². The van der Waals surface area contributed by atoms with Gasteiger partial charge in [-0.15, -0.1) is 0 Å². The smallest absolute Gasteiger partial charge is 0.325 e. The molecular formula is C19H18N2O3. The average Bonchev–Trinajstić information content (AvgIpc) is 3.09. The van der Waals surface area contributed by atoms with Gasteiger partial charge in [-0.3, -0.25) is 9.69 Å². The number of fused-ring (bicyclic) bond motifs is 2. The highest BCUT2D eigenvalue weighted by molar-refractivity contribution is 6.08. The van der Waals surface area contributed by atoms with Crippen LogP contribution in [0.4, 0.5) is 4.79 Å². The van der Waals surface area contributed by atoms with Crippen LogP contribution in [0.5, 0.6) is 5.75 Å². The molecule has 5 heteroatoms. The lowest BCUT2D eigenvalue weighted by atomic mass is 9.92. The molecule has 5 nitrogen and oxygen atoms in total. The molecule has 2 aliphatic rings. The van der Waals surface area contributed by atoms with Crippen molar-refractivity contribution in [2.45, 2.75) is 18.4 Å². The maximum absolute atomic E-state index is 12.9. The second-order valence-electron chi connectivity index (χ2n) is 6.11. The number of hydrogen-bond donors (Lipinski definition) is 1. The van der Waals surface area contributed by atoms with E-state index in [1.165, 1.54) is 4.90 Å². The molecule has 3 amide bonds. The molecular weight excluding hydrogens is 304 g/mol. The van der Waals surface area contributed by atoms with Crippen LogP contribution >= 0.6 is 0 Å². The summed E-state index contributed by atoms with van der Waals surface area (Å²) in [6.07, 6.45) is 1.42. The maximum atomic E-state index is 12.9. The summed E-state index contributed by atoms with van der Waals surface area (Å²) in [5.74, 6) is 0.555. The van der Waals surface area contributed by atoms with Gasteiger partial charge in [-0.05, 0) is 36.1 Å². The third-order valence-electron chi connectivity index (χ3n) is 4.75. The van der Waals surface area contributed by atoms with Crippen LogP contribution in [-0.4, -0.2) is 30.0 Å². The standard InChI is InChI=1S/C19H18N2O3/c22-17-19(11-10-14-6-4-5-9-16(14)19)20-18(23)21(17)12-13-24-15-7-2-1-3-8-15/h1-9H,10-13H2,(H,20,23)/t19-/m1/s1. The Labute approximate surface area is 140 Å². The van der Waals surface area contributed by atoms with E-state index in [0.717, 1.165) is 23.3 Å². The van der Waals surface area contributed by atoms with E-state index in [2.05, 4.69) is 5.32 Å². The van der Waals surface area contributed by atoms with E-state index in [1.807, 2.05) is 54.6 Å². The van der Waals surface area contributed by atoms with E-state index in [1.54, 1.807) is 0 Å². The number of benzene rings is 2. The number of rotatable bonds is 4. The Kier molecular flexibility index (Phi) is 3.49. The number of nitrogens with zero attached hydrogens (tertiary/aromatic N) is 1. The summed E-state index contributed by atoms with van der Waals surface area (Å²) < 4.78 is 5.61. The SMILES string of the molecule is O=C1N[C@@]2(CCc3ccccc32)C(=O)N1CCOc1ccccc1. The molecule has 0 radical (unpaired) electrons. The van der Waals surface area contributed by atoms with Crippen molar-refractivity contribution < 1.29 is 14.3 Å². The quantitative estimate of drug-likeness (QED) is 0.880. The zero-order valence-corrected chi connectivity index (χ0v) is 13.2. The molecule has 1 spiro atoms. The fourth-order valence-electron chi connectivity index (χ4n) is 3.56. The summed E-state index contributed by atoms with van der Waals surface area (Å²) in [6.45, 7) is 0.518. The van der Waals surface area contributed by atoms with Crippen molar-refractivity contribution in [1.29, 1.82) is 0 Å². The van der Waals surface area contributed by atoms with E-state index in [0.29, 0.717) is 6.42 Å². The third kappa shape index (κ3) is 2.24. The van der Waals surface area contributed by atoms with Gasteiger partial charge < -0.3 is 10.1 Å². The Morgan fingerprint density at radius 2 is 1.79 bits per heavy atom. The van der Waals surface area contributed by atoms with Gasteiger partial charge in [0.15, 0.2) is 0 Å². The molecule has 0 saturated carbocycles. The number of ether oxygens (including phenoxy) is 1. The average molecular weight is 322 g/mol. The van der Waals surface area contributed by atoms with E-state index in [-0.39, 0.29) is 25.1 Å². The molecule has 0 bridgehead atoms. The lowest BCUT2D eigenvalue weighted by Crippen LogP contribution is -2.42. The fraction of sp³-hybridized carbons (Fsp3) is 0.263. The molecule has 0 unspecified atom stereocenters. The van der Waals surface area contributed by atoms with Crippen LogP contribution in [0.1, 0.15) is 17.5 Å². The van der Waals surface area contributed by atoms with Gasteiger partial charge >= 0.3 is 6.03 Å². The number of urea groups is 1. The van der Waals surface area contributed by atoms with Gasteiger partial charge in [0.25, 0.3) is 5.91 Å². The molecule has 1 atom stereocenters. The lowest BCUT2D eigenvalue weighted by Gasteiger charge is -2.22. The van der Waals surface area contributed by atoms with Crippen molar-refractivity contribution in [3.63, 3.8) is 0 Å².